The van der Waals surface area contributed by atoms with Crippen LogP contribution in [0.5, 0.6) is 0 Å². The van der Waals surface area contributed by atoms with Gasteiger partial charge in [-0.05, 0) is 48.3 Å². The lowest BCUT2D eigenvalue weighted by atomic mass is 9.99. The predicted molar refractivity (Wildman–Crippen MR) is 112 cm³/mol. The molecule has 1 aliphatic carbocycles. The molecule has 1 fully saturated rings. The quantitative estimate of drug-likeness (QED) is 0.713. The van der Waals surface area contributed by atoms with Gasteiger partial charge in [0, 0.05) is 18.5 Å². The van der Waals surface area contributed by atoms with Crippen molar-refractivity contribution in [3.63, 3.8) is 0 Å². The molecule has 1 aromatic heterocycles. The van der Waals surface area contributed by atoms with E-state index in [1.165, 1.54) is 38.4 Å². The number of nitrogens with zero attached hydrogens (tertiary/aromatic N) is 2. The molecule has 0 spiro atoms. The van der Waals surface area contributed by atoms with Crippen molar-refractivity contribution in [1.82, 2.24) is 9.29 Å². The van der Waals surface area contributed by atoms with Crippen LogP contribution in [-0.2, 0) is 27.7 Å². The number of fused-ring (bicyclic) bond motifs is 2. The highest BCUT2D eigenvalue weighted by atomic mass is 32.2. The Kier molecular flexibility index (Phi) is 4.19. The van der Waals surface area contributed by atoms with Gasteiger partial charge in [0.15, 0.2) is 5.13 Å². The molecule has 1 aliphatic heterocycles. The van der Waals surface area contributed by atoms with Crippen LogP contribution < -0.4 is 5.32 Å². The van der Waals surface area contributed by atoms with Crippen LogP contribution in [0.1, 0.15) is 24.0 Å². The summed E-state index contributed by atoms with van der Waals surface area (Å²) in [6.45, 7) is 0.729. The average molecular weight is 416 g/mol. The topological polar surface area (TPSA) is 79.4 Å². The fourth-order valence-corrected chi connectivity index (χ4v) is 6.29. The molecule has 0 radical (unpaired) electrons. The lowest BCUT2D eigenvalue weighted by Crippen LogP contribution is -2.43. The van der Waals surface area contributed by atoms with Gasteiger partial charge in [-0.3, -0.25) is 4.79 Å². The zero-order chi connectivity index (χ0) is 19.5. The minimum Gasteiger partial charge on any atom is -0.302 e. The second-order valence-electron chi connectivity index (χ2n) is 7.69. The number of piperidine rings is 1. The van der Waals surface area contributed by atoms with Crippen molar-refractivity contribution in [2.24, 2.45) is 5.92 Å². The smallest absolute Gasteiger partial charge is 0.230 e. The number of aromatic nitrogens is 1. The van der Waals surface area contributed by atoms with Gasteiger partial charge < -0.3 is 5.32 Å². The maximum absolute atomic E-state index is 12.7. The zero-order valence-electron chi connectivity index (χ0n) is 15.6. The van der Waals surface area contributed by atoms with E-state index in [1.807, 2.05) is 0 Å². The van der Waals surface area contributed by atoms with Gasteiger partial charge in [0.2, 0.25) is 15.9 Å². The minimum absolute atomic E-state index is 0.148. The first-order valence-electron chi connectivity index (χ1n) is 9.50. The molecule has 2 aliphatic rings. The van der Waals surface area contributed by atoms with Gasteiger partial charge in [-0.1, -0.05) is 29.5 Å². The zero-order valence-corrected chi connectivity index (χ0v) is 17.2. The number of sulfonamides is 1. The molecule has 1 N–H and O–H groups in total. The van der Waals surface area contributed by atoms with Crippen molar-refractivity contribution in [3.05, 3.63) is 35.4 Å². The molecule has 5 rings (SSSR count). The minimum atomic E-state index is -3.27. The number of nitrogens with one attached hydrogen (secondary N) is 1. The normalized spacial score (nSPS) is 20.1. The summed E-state index contributed by atoms with van der Waals surface area (Å²) < 4.78 is 26.1. The number of carbonyl (C=O) groups is 1. The molecule has 1 unspecified atom stereocenters. The van der Waals surface area contributed by atoms with Gasteiger partial charge in [-0.25, -0.2) is 17.7 Å². The number of hydrogen-bond acceptors (Lipinski definition) is 5. The van der Waals surface area contributed by atoms with Gasteiger partial charge in [0.25, 0.3) is 0 Å². The lowest BCUT2D eigenvalue weighted by molar-refractivity contribution is -0.120. The first kappa shape index (κ1) is 18.0. The first-order chi connectivity index (χ1) is 13.4. The van der Waals surface area contributed by atoms with Crippen LogP contribution in [0.3, 0.4) is 0 Å². The predicted octanol–water partition coefficient (Wildman–Crippen LogP) is 3.16. The van der Waals surface area contributed by atoms with Crippen molar-refractivity contribution < 1.29 is 13.2 Å². The fourth-order valence-electron chi connectivity index (χ4n) is 4.42. The summed E-state index contributed by atoms with van der Waals surface area (Å²) in [5.41, 5.74) is 3.66. The largest absolute Gasteiger partial charge is 0.302 e. The Morgan fingerprint density at radius 1 is 1.29 bits per heavy atom. The number of amides is 1. The molecular weight excluding hydrogens is 394 g/mol. The number of aryl methyl sites for hydroxylation is 2. The van der Waals surface area contributed by atoms with Crippen LogP contribution in [0.15, 0.2) is 24.3 Å². The molecule has 146 valence electrons. The van der Waals surface area contributed by atoms with Gasteiger partial charge in [0.05, 0.1) is 22.4 Å². The monoisotopic (exact) mass is 415 g/mol. The van der Waals surface area contributed by atoms with Crippen LogP contribution in [0.2, 0.25) is 0 Å². The molecule has 0 bridgehead atoms. The second kappa shape index (κ2) is 6.50. The van der Waals surface area contributed by atoms with E-state index in [2.05, 4.69) is 29.6 Å². The number of benzene rings is 2. The van der Waals surface area contributed by atoms with Crippen LogP contribution in [0.25, 0.3) is 21.0 Å². The van der Waals surface area contributed by atoms with Crippen molar-refractivity contribution >= 4 is 53.4 Å². The number of hydrogen-bond donors (Lipinski definition) is 1. The fraction of sp³-hybridized carbons (Fsp3) is 0.400. The van der Waals surface area contributed by atoms with Gasteiger partial charge >= 0.3 is 0 Å². The molecule has 2 heterocycles. The summed E-state index contributed by atoms with van der Waals surface area (Å²) in [6.07, 6.45) is 4.71. The standard InChI is InChI=1S/C20H21N3O3S2/c1-28(25,26)23-9-3-5-14(11-23)19(24)22-20-21-18-15-6-2-4-12-7-8-13(17(12)15)10-16(18)27-20/h2,4,6,10,14H,3,5,7-9,11H2,1H3,(H,21,22,24). The molecule has 1 amide bonds. The Bertz CT molecular complexity index is 1220. The van der Waals surface area contributed by atoms with Gasteiger partial charge in [-0.15, -0.1) is 0 Å². The molecule has 1 atom stereocenters. The molecule has 28 heavy (non-hydrogen) atoms. The van der Waals surface area contributed by atoms with Crippen molar-refractivity contribution in [1.29, 1.82) is 0 Å². The van der Waals surface area contributed by atoms with E-state index in [-0.39, 0.29) is 18.4 Å². The highest BCUT2D eigenvalue weighted by Gasteiger charge is 2.30. The molecule has 6 nitrogen and oxygen atoms in total. The van der Waals surface area contributed by atoms with E-state index in [4.69, 9.17) is 4.98 Å². The molecule has 0 saturated carbocycles. The third-order valence-corrected chi connectivity index (χ3v) is 7.99. The summed E-state index contributed by atoms with van der Waals surface area (Å²) in [6, 6.07) is 8.56. The summed E-state index contributed by atoms with van der Waals surface area (Å²) in [7, 11) is -3.27. The van der Waals surface area contributed by atoms with E-state index >= 15 is 0 Å². The third kappa shape index (κ3) is 3.00. The number of thiazole rings is 1. The Hall–Kier alpha value is -2.03. The number of carbonyl (C=O) groups excluding carboxylic acids is 1. The van der Waals surface area contributed by atoms with E-state index in [0.29, 0.717) is 24.5 Å². The Balaban J connectivity index is 1.44. The van der Waals surface area contributed by atoms with E-state index in [0.717, 1.165) is 28.4 Å². The van der Waals surface area contributed by atoms with E-state index < -0.39 is 10.0 Å². The van der Waals surface area contributed by atoms with Gasteiger partial charge in [0.1, 0.15) is 0 Å². The SMILES string of the molecule is CS(=O)(=O)N1CCCC(C(=O)Nc2nc3c(cc4c5c(cccc53)CC4)s2)C1. The molecule has 2 aromatic carbocycles. The summed E-state index contributed by atoms with van der Waals surface area (Å²) in [5, 5.41) is 5.99. The summed E-state index contributed by atoms with van der Waals surface area (Å²) >= 11 is 1.49. The number of rotatable bonds is 3. The van der Waals surface area contributed by atoms with E-state index in [9.17, 15) is 13.2 Å². The average Bonchev–Trinajstić information content (AvgIpc) is 3.26. The van der Waals surface area contributed by atoms with Crippen molar-refractivity contribution in [2.75, 3.05) is 24.7 Å². The Labute approximate surface area is 167 Å². The molecular formula is C20H21N3O3S2. The molecule has 1 saturated heterocycles. The highest BCUT2D eigenvalue weighted by Crippen LogP contribution is 2.39. The highest BCUT2D eigenvalue weighted by molar-refractivity contribution is 7.88. The van der Waals surface area contributed by atoms with Gasteiger partial charge in [-0.2, -0.15) is 0 Å². The van der Waals surface area contributed by atoms with Crippen molar-refractivity contribution in [2.45, 2.75) is 25.7 Å². The second-order valence-corrected chi connectivity index (χ2v) is 10.7. The maximum Gasteiger partial charge on any atom is 0.230 e. The Morgan fingerprint density at radius 2 is 2.11 bits per heavy atom. The van der Waals surface area contributed by atoms with Crippen LogP contribution in [-0.4, -0.2) is 43.0 Å². The van der Waals surface area contributed by atoms with Crippen LogP contribution in [0.4, 0.5) is 5.13 Å². The summed E-state index contributed by atoms with van der Waals surface area (Å²) in [5.74, 6) is -0.488. The van der Waals surface area contributed by atoms with E-state index in [1.54, 1.807) is 0 Å². The van der Waals surface area contributed by atoms with Crippen molar-refractivity contribution in [3.8, 4) is 0 Å². The molecule has 3 aromatic rings. The summed E-state index contributed by atoms with van der Waals surface area (Å²) in [4.78, 5) is 17.5. The van der Waals surface area contributed by atoms with Crippen LogP contribution in [0, 0.1) is 5.92 Å². The third-order valence-electron chi connectivity index (χ3n) is 5.80. The maximum atomic E-state index is 12.7. The molecule has 8 heteroatoms. The Morgan fingerprint density at radius 3 is 2.93 bits per heavy atom. The van der Waals surface area contributed by atoms with Crippen LogP contribution >= 0.6 is 11.3 Å². The lowest BCUT2D eigenvalue weighted by Gasteiger charge is -2.29. The first-order valence-corrected chi connectivity index (χ1v) is 12.2. The number of anilines is 1.